The molecule has 2 aromatic rings. The zero-order valence-electron chi connectivity index (χ0n) is 17.2. The molecule has 0 aromatic heterocycles. The van der Waals surface area contributed by atoms with Crippen LogP contribution in [-0.4, -0.2) is 26.2 Å². The lowest BCUT2D eigenvalue weighted by atomic mass is 9.81. The van der Waals surface area contributed by atoms with Crippen LogP contribution >= 0.6 is 15.9 Å². The van der Waals surface area contributed by atoms with Gasteiger partial charge in [-0.15, -0.1) is 0 Å². The van der Waals surface area contributed by atoms with E-state index in [1.165, 1.54) is 19.1 Å². The van der Waals surface area contributed by atoms with Crippen LogP contribution in [0.3, 0.4) is 0 Å². The third-order valence-electron chi connectivity index (χ3n) is 4.97. The van der Waals surface area contributed by atoms with Crippen molar-refractivity contribution in [1.82, 2.24) is 0 Å². The van der Waals surface area contributed by atoms with Crippen LogP contribution in [0.15, 0.2) is 75.7 Å². The highest BCUT2D eigenvalue weighted by Gasteiger charge is 2.42. The van der Waals surface area contributed by atoms with Gasteiger partial charge in [-0.2, -0.15) is 5.26 Å². The molecule has 0 aliphatic carbocycles. The average Bonchev–Trinajstić information content (AvgIpc) is 2.78. The second-order valence-electron chi connectivity index (χ2n) is 6.81. The van der Waals surface area contributed by atoms with Gasteiger partial charge in [0.2, 0.25) is 0 Å². The molecule has 3 rings (SSSR count). The van der Waals surface area contributed by atoms with E-state index in [2.05, 4.69) is 22.0 Å². The van der Waals surface area contributed by atoms with Crippen LogP contribution in [0.25, 0.3) is 0 Å². The predicted octanol–water partition coefficient (Wildman–Crippen LogP) is 3.66. The van der Waals surface area contributed by atoms with E-state index < -0.39 is 17.9 Å². The summed E-state index contributed by atoms with van der Waals surface area (Å²) in [5.41, 5.74) is 8.53. The first-order valence-corrected chi connectivity index (χ1v) is 10.1. The number of carbonyl (C=O) groups is 2. The molecule has 0 spiro atoms. The standard InChI is InChI=1S/C23H20BrN3O4/c1-13-4-10-16(11-5-13)27-20(23(29)31-3)19(22(28)30-2)18(17(12-25)21(27)26)14-6-8-15(24)9-7-14/h4-11,18H,26H2,1-3H3. The quantitative estimate of drug-likeness (QED) is 0.664. The van der Waals surface area contributed by atoms with Crippen molar-refractivity contribution in [2.45, 2.75) is 12.8 Å². The number of halogens is 1. The Labute approximate surface area is 188 Å². The molecule has 1 aliphatic rings. The van der Waals surface area contributed by atoms with Crippen LogP contribution in [0.2, 0.25) is 0 Å². The van der Waals surface area contributed by atoms with Gasteiger partial charge in [-0.1, -0.05) is 45.8 Å². The Morgan fingerprint density at radius 1 is 1.03 bits per heavy atom. The molecule has 8 heteroatoms. The molecule has 0 amide bonds. The van der Waals surface area contributed by atoms with Crippen molar-refractivity contribution < 1.29 is 19.1 Å². The Balaban J connectivity index is 2.39. The van der Waals surface area contributed by atoms with Crippen LogP contribution in [0.5, 0.6) is 0 Å². The van der Waals surface area contributed by atoms with E-state index in [4.69, 9.17) is 15.2 Å². The molecule has 0 saturated carbocycles. The van der Waals surface area contributed by atoms with Gasteiger partial charge < -0.3 is 15.2 Å². The van der Waals surface area contributed by atoms with E-state index in [1.807, 2.05) is 19.1 Å². The summed E-state index contributed by atoms with van der Waals surface area (Å²) in [7, 11) is 2.43. The van der Waals surface area contributed by atoms with Gasteiger partial charge >= 0.3 is 11.9 Å². The van der Waals surface area contributed by atoms with Crippen LogP contribution in [0, 0.1) is 18.3 Å². The number of nitrogens with zero attached hydrogens (tertiary/aromatic N) is 2. The van der Waals surface area contributed by atoms with Crippen molar-refractivity contribution in [2.24, 2.45) is 5.73 Å². The average molecular weight is 482 g/mol. The lowest BCUT2D eigenvalue weighted by molar-refractivity contribution is -0.139. The SMILES string of the molecule is COC(=O)C1=C(C(=O)OC)N(c2ccc(C)cc2)C(N)=C(C#N)C1c1ccc(Br)cc1. The maximum Gasteiger partial charge on any atom is 0.355 e. The summed E-state index contributed by atoms with van der Waals surface area (Å²) in [4.78, 5) is 27.2. The van der Waals surface area contributed by atoms with Crippen molar-refractivity contribution in [3.8, 4) is 6.07 Å². The number of aryl methyl sites for hydroxylation is 1. The van der Waals surface area contributed by atoms with Gasteiger partial charge in [0.05, 0.1) is 37.4 Å². The maximum atomic E-state index is 13.0. The molecule has 1 heterocycles. The van der Waals surface area contributed by atoms with Gasteiger partial charge in [0.25, 0.3) is 0 Å². The number of ether oxygens (including phenoxy) is 2. The summed E-state index contributed by atoms with van der Waals surface area (Å²) in [5.74, 6) is -2.40. The molecule has 2 aromatic carbocycles. The predicted molar refractivity (Wildman–Crippen MR) is 118 cm³/mol. The molecule has 0 saturated heterocycles. The van der Waals surface area contributed by atoms with Gasteiger partial charge in [-0.3, -0.25) is 4.90 Å². The number of nitrogens with two attached hydrogens (primary N) is 1. The summed E-state index contributed by atoms with van der Waals surface area (Å²) in [6.07, 6.45) is 0. The number of hydrogen-bond donors (Lipinski definition) is 1. The van der Waals surface area contributed by atoms with E-state index in [9.17, 15) is 14.9 Å². The first-order valence-electron chi connectivity index (χ1n) is 9.26. The number of allylic oxidation sites excluding steroid dienone is 1. The summed E-state index contributed by atoms with van der Waals surface area (Å²) in [5, 5.41) is 10.00. The number of methoxy groups -OCH3 is 2. The lowest BCUT2D eigenvalue weighted by Crippen LogP contribution is -2.40. The number of carbonyl (C=O) groups excluding carboxylic acids is 2. The van der Waals surface area contributed by atoms with E-state index in [0.29, 0.717) is 11.3 Å². The van der Waals surface area contributed by atoms with Crippen molar-refractivity contribution in [2.75, 3.05) is 19.1 Å². The molecule has 1 atom stereocenters. The molecule has 158 valence electrons. The second kappa shape index (κ2) is 9.06. The van der Waals surface area contributed by atoms with E-state index in [0.717, 1.165) is 10.0 Å². The highest BCUT2D eigenvalue weighted by atomic mass is 79.9. The van der Waals surface area contributed by atoms with Gasteiger partial charge in [-0.05, 0) is 36.8 Å². The fourth-order valence-corrected chi connectivity index (χ4v) is 3.75. The van der Waals surface area contributed by atoms with Crippen molar-refractivity contribution >= 4 is 33.6 Å². The minimum Gasteiger partial charge on any atom is -0.466 e. The Hall–Kier alpha value is -3.57. The summed E-state index contributed by atoms with van der Waals surface area (Å²) in [6.45, 7) is 1.92. The monoisotopic (exact) mass is 481 g/mol. The number of rotatable bonds is 4. The third kappa shape index (κ3) is 4.05. The minimum absolute atomic E-state index is 0.0250. The van der Waals surface area contributed by atoms with Crippen molar-refractivity contribution in [3.05, 3.63) is 86.8 Å². The van der Waals surface area contributed by atoms with Crippen LogP contribution < -0.4 is 10.6 Å². The summed E-state index contributed by atoms with van der Waals surface area (Å²) >= 11 is 3.38. The number of hydrogen-bond acceptors (Lipinski definition) is 7. The Morgan fingerprint density at radius 3 is 2.13 bits per heavy atom. The topological polar surface area (TPSA) is 106 Å². The van der Waals surface area contributed by atoms with E-state index >= 15 is 0 Å². The minimum atomic E-state index is -0.902. The molecular weight excluding hydrogens is 462 g/mol. The largest absolute Gasteiger partial charge is 0.466 e. The number of benzene rings is 2. The first kappa shape index (κ1) is 22.1. The lowest BCUT2D eigenvalue weighted by Gasteiger charge is -2.35. The van der Waals surface area contributed by atoms with Crippen LogP contribution in [-0.2, 0) is 19.1 Å². The van der Waals surface area contributed by atoms with E-state index in [1.54, 1.807) is 36.4 Å². The van der Waals surface area contributed by atoms with Crippen LogP contribution in [0.4, 0.5) is 5.69 Å². The highest BCUT2D eigenvalue weighted by molar-refractivity contribution is 9.10. The fourth-order valence-electron chi connectivity index (χ4n) is 3.49. The van der Waals surface area contributed by atoms with Gasteiger partial charge in [0.15, 0.2) is 0 Å². The summed E-state index contributed by atoms with van der Waals surface area (Å²) in [6, 6.07) is 16.3. The van der Waals surface area contributed by atoms with E-state index in [-0.39, 0.29) is 22.7 Å². The zero-order chi connectivity index (χ0) is 22.7. The number of nitriles is 1. The van der Waals surface area contributed by atoms with Gasteiger partial charge in [0, 0.05) is 10.2 Å². The number of anilines is 1. The molecular formula is C23H20BrN3O4. The summed E-state index contributed by atoms with van der Waals surface area (Å²) < 4.78 is 10.8. The molecule has 0 radical (unpaired) electrons. The van der Waals surface area contributed by atoms with Crippen molar-refractivity contribution in [3.63, 3.8) is 0 Å². The Kier molecular flexibility index (Phi) is 6.47. The number of esters is 2. The maximum absolute atomic E-state index is 13.0. The first-order chi connectivity index (χ1) is 14.8. The molecule has 0 fully saturated rings. The smallest absolute Gasteiger partial charge is 0.355 e. The van der Waals surface area contributed by atoms with Gasteiger partial charge in [0.1, 0.15) is 11.5 Å². The normalized spacial score (nSPS) is 16.1. The van der Waals surface area contributed by atoms with Crippen molar-refractivity contribution in [1.29, 1.82) is 5.26 Å². The highest BCUT2D eigenvalue weighted by Crippen LogP contribution is 2.43. The Bertz CT molecular complexity index is 1130. The Morgan fingerprint density at radius 2 is 1.61 bits per heavy atom. The molecule has 31 heavy (non-hydrogen) atoms. The molecule has 1 aliphatic heterocycles. The molecule has 2 N–H and O–H groups in total. The molecule has 1 unspecified atom stereocenters. The van der Waals surface area contributed by atoms with Crippen LogP contribution in [0.1, 0.15) is 17.0 Å². The fraction of sp³-hybridized carbons (Fsp3) is 0.174. The second-order valence-corrected chi connectivity index (χ2v) is 7.73. The molecule has 0 bridgehead atoms. The van der Waals surface area contributed by atoms with Gasteiger partial charge in [-0.25, -0.2) is 9.59 Å². The molecule has 7 nitrogen and oxygen atoms in total. The third-order valence-corrected chi connectivity index (χ3v) is 5.50. The zero-order valence-corrected chi connectivity index (χ0v) is 18.8.